The maximum Gasteiger partial charge on any atom is 0.120 e. The Balaban J connectivity index is 0.00000144. The molecule has 3 nitrogen and oxygen atoms in total. The van der Waals surface area contributed by atoms with Gasteiger partial charge in [0.2, 0.25) is 0 Å². The molecule has 92 valence electrons. The van der Waals surface area contributed by atoms with Crippen molar-refractivity contribution in [3.05, 3.63) is 29.8 Å². The fourth-order valence-corrected chi connectivity index (χ4v) is 2.04. The van der Waals surface area contributed by atoms with Crippen LogP contribution in [0, 0.1) is 11.3 Å². The second-order valence-electron chi connectivity index (χ2n) is 4.23. The number of hydrogen-bond acceptors (Lipinski definition) is 3. The summed E-state index contributed by atoms with van der Waals surface area (Å²) in [4.78, 5) is 2.33. The largest absolute Gasteiger partial charge is 0.492 e. The molecular weight excluding hydrogens is 236 g/mol. The molecule has 1 heterocycles. The van der Waals surface area contributed by atoms with Crippen molar-refractivity contribution in [1.29, 1.82) is 5.26 Å². The van der Waals surface area contributed by atoms with E-state index in [1.165, 1.54) is 12.8 Å². The van der Waals surface area contributed by atoms with Crippen molar-refractivity contribution >= 4 is 12.4 Å². The van der Waals surface area contributed by atoms with E-state index in [0.717, 1.165) is 12.3 Å². The highest BCUT2D eigenvalue weighted by molar-refractivity contribution is 5.85. The van der Waals surface area contributed by atoms with Gasteiger partial charge >= 0.3 is 0 Å². The molecule has 1 saturated heterocycles. The van der Waals surface area contributed by atoms with Gasteiger partial charge in [-0.3, -0.25) is 0 Å². The van der Waals surface area contributed by atoms with E-state index in [1.807, 2.05) is 12.1 Å². The standard InChI is InChI=1S/C13H16N2O.ClH/c1-15-7-3-5-12(15)10-16-13-6-2-4-11(8-13)9-14;/h2,4,6,8,12H,3,5,7,10H2,1H3;1H/t12-;/m0./s1. The van der Waals surface area contributed by atoms with Crippen LogP contribution >= 0.6 is 12.4 Å². The molecule has 1 aliphatic heterocycles. The first-order chi connectivity index (χ1) is 7.79. The number of ether oxygens (including phenoxy) is 1. The lowest BCUT2D eigenvalue weighted by molar-refractivity contribution is 0.198. The number of nitrogens with zero attached hydrogens (tertiary/aromatic N) is 2. The molecule has 4 heteroatoms. The molecule has 0 N–H and O–H groups in total. The lowest BCUT2D eigenvalue weighted by Gasteiger charge is -2.19. The summed E-state index contributed by atoms with van der Waals surface area (Å²) in [6.45, 7) is 1.87. The van der Waals surface area contributed by atoms with Gasteiger partial charge in [0.25, 0.3) is 0 Å². The summed E-state index contributed by atoms with van der Waals surface area (Å²) < 4.78 is 5.71. The first-order valence-corrected chi connectivity index (χ1v) is 5.63. The number of benzene rings is 1. The Bertz CT molecular complexity index is 403. The highest BCUT2D eigenvalue weighted by Gasteiger charge is 2.21. The molecule has 0 spiro atoms. The number of hydrogen-bond donors (Lipinski definition) is 0. The Morgan fingerprint density at radius 3 is 3.00 bits per heavy atom. The van der Waals surface area contributed by atoms with E-state index in [1.54, 1.807) is 12.1 Å². The molecule has 1 aromatic rings. The fraction of sp³-hybridized carbons (Fsp3) is 0.462. The van der Waals surface area contributed by atoms with Gasteiger partial charge in [0.15, 0.2) is 0 Å². The average molecular weight is 253 g/mol. The van der Waals surface area contributed by atoms with Gasteiger partial charge in [-0.15, -0.1) is 12.4 Å². The predicted octanol–water partition coefficient (Wildman–Crippen LogP) is 2.45. The SMILES string of the molecule is CN1CCC[C@H]1COc1cccc(C#N)c1.Cl. The third-order valence-corrected chi connectivity index (χ3v) is 3.08. The van der Waals surface area contributed by atoms with Gasteiger partial charge in [-0.2, -0.15) is 5.26 Å². The van der Waals surface area contributed by atoms with Gasteiger partial charge in [0.05, 0.1) is 11.6 Å². The Kier molecular flexibility index (Phi) is 5.27. The summed E-state index contributed by atoms with van der Waals surface area (Å²) in [7, 11) is 2.13. The van der Waals surface area contributed by atoms with Gasteiger partial charge in [-0.1, -0.05) is 6.07 Å². The normalized spacial score (nSPS) is 19.4. The van der Waals surface area contributed by atoms with Crippen LogP contribution in [0.15, 0.2) is 24.3 Å². The minimum atomic E-state index is 0. The van der Waals surface area contributed by atoms with Crippen molar-refractivity contribution in [2.45, 2.75) is 18.9 Å². The topological polar surface area (TPSA) is 36.3 Å². The van der Waals surface area contributed by atoms with Crippen molar-refractivity contribution < 1.29 is 4.74 Å². The van der Waals surface area contributed by atoms with Crippen molar-refractivity contribution in [2.24, 2.45) is 0 Å². The second-order valence-corrected chi connectivity index (χ2v) is 4.23. The van der Waals surface area contributed by atoms with E-state index in [4.69, 9.17) is 10.00 Å². The zero-order valence-corrected chi connectivity index (χ0v) is 10.7. The third kappa shape index (κ3) is 3.62. The van der Waals surface area contributed by atoms with Crippen LogP contribution in [0.3, 0.4) is 0 Å². The predicted molar refractivity (Wildman–Crippen MR) is 69.6 cm³/mol. The minimum absolute atomic E-state index is 0. The monoisotopic (exact) mass is 252 g/mol. The van der Waals surface area contributed by atoms with Gasteiger partial charge in [0, 0.05) is 6.04 Å². The molecule has 2 rings (SSSR count). The summed E-state index contributed by atoms with van der Waals surface area (Å²) in [6, 6.07) is 9.96. The molecule has 1 fully saturated rings. The van der Waals surface area contributed by atoms with E-state index in [9.17, 15) is 0 Å². The molecule has 1 aliphatic rings. The summed E-state index contributed by atoms with van der Waals surface area (Å²) >= 11 is 0. The van der Waals surface area contributed by atoms with E-state index >= 15 is 0 Å². The van der Waals surface area contributed by atoms with E-state index in [0.29, 0.717) is 18.2 Å². The molecule has 1 aromatic carbocycles. The number of halogens is 1. The van der Waals surface area contributed by atoms with Crippen LogP contribution in [0.5, 0.6) is 5.75 Å². The van der Waals surface area contributed by atoms with Crippen LogP contribution in [0.1, 0.15) is 18.4 Å². The molecule has 0 amide bonds. The number of likely N-dealkylation sites (tertiary alicyclic amines) is 1. The molecule has 0 radical (unpaired) electrons. The van der Waals surface area contributed by atoms with Gasteiger partial charge in [-0.25, -0.2) is 0 Å². The molecule has 0 bridgehead atoms. The number of rotatable bonds is 3. The van der Waals surface area contributed by atoms with Crippen molar-refractivity contribution in [3.8, 4) is 11.8 Å². The molecule has 0 saturated carbocycles. The first-order valence-electron chi connectivity index (χ1n) is 5.63. The number of likely N-dealkylation sites (N-methyl/N-ethyl adjacent to an activating group) is 1. The van der Waals surface area contributed by atoms with E-state index < -0.39 is 0 Å². The van der Waals surface area contributed by atoms with Crippen LogP contribution in [0.4, 0.5) is 0 Å². The fourth-order valence-electron chi connectivity index (χ4n) is 2.04. The summed E-state index contributed by atoms with van der Waals surface area (Å²) in [5, 5.41) is 8.77. The maximum atomic E-state index is 8.77. The van der Waals surface area contributed by atoms with Gasteiger partial charge in [0.1, 0.15) is 12.4 Å². The Labute approximate surface area is 108 Å². The minimum Gasteiger partial charge on any atom is -0.492 e. The molecule has 17 heavy (non-hydrogen) atoms. The van der Waals surface area contributed by atoms with E-state index in [-0.39, 0.29) is 12.4 Å². The Morgan fingerprint density at radius 1 is 1.53 bits per heavy atom. The molecular formula is C13H17ClN2O. The summed E-state index contributed by atoms with van der Waals surface area (Å²) in [5.41, 5.74) is 0.650. The van der Waals surface area contributed by atoms with Crippen molar-refractivity contribution in [3.63, 3.8) is 0 Å². The van der Waals surface area contributed by atoms with Crippen LogP contribution in [-0.2, 0) is 0 Å². The van der Waals surface area contributed by atoms with Crippen LogP contribution < -0.4 is 4.74 Å². The molecule has 1 atom stereocenters. The molecule has 0 aliphatic carbocycles. The zero-order valence-electron chi connectivity index (χ0n) is 9.93. The first kappa shape index (κ1) is 13.8. The molecule has 0 aromatic heterocycles. The summed E-state index contributed by atoms with van der Waals surface area (Å²) in [6.07, 6.45) is 2.46. The highest BCUT2D eigenvalue weighted by atomic mass is 35.5. The van der Waals surface area contributed by atoms with Gasteiger partial charge < -0.3 is 9.64 Å². The van der Waals surface area contributed by atoms with Crippen molar-refractivity contribution in [2.75, 3.05) is 20.2 Å². The highest BCUT2D eigenvalue weighted by Crippen LogP contribution is 2.18. The summed E-state index contributed by atoms with van der Waals surface area (Å²) in [5.74, 6) is 0.791. The van der Waals surface area contributed by atoms with Crippen LogP contribution in [0.2, 0.25) is 0 Å². The average Bonchev–Trinajstić information content (AvgIpc) is 2.72. The van der Waals surface area contributed by atoms with Crippen LogP contribution in [-0.4, -0.2) is 31.1 Å². The zero-order chi connectivity index (χ0) is 11.4. The quantitative estimate of drug-likeness (QED) is 0.829. The van der Waals surface area contributed by atoms with E-state index in [2.05, 4.69) is 18.0 Å². The van der Waals surface area contributed by atoms with Gasteiger partial charge in [-0.05, 0) is 44.6 Å². The Morgan fingerprint density at radius 2 is 2.35 bits per heavy atom. The lowest BCUT2D eigenvalue weighted by Crippen LogP contribution is -2.30. The lowest BCUT2D eigenvalue weighted by atomic mass is 10.2. The third-order valence-electron chi connectivity index (χ3n) is 3.08. The maximum absolute atomic E-state index is 8.77. The van der Waals surface area contributed by atoms with Crippen molar-refractivity contribution in [1.82, 2.24) is 4.90 Å². The smallest absolute Gasteiger partial charge is 0.120 e. The Hall–Kier alpha value is -1.24. The van der Waals surface area contributed by atoms with Crippen LogP contribution in [0.25, 0.3) is 0 Å². The molecule has 0 unspecified atom stereocenters. The number of nitriles is 1. The second kappa shape index (κ2) is 6.48.